The number of benzene rings is 3. The summed E-state index contributed by atoms with van der Waals surface area (Å²) in [6.07, 6.45) is 1.70. The van der Waals surface area contributed by atoms with Crippen LogP contribution in [0.2, 0.25) is 15.1 Å². The van der Waals surface area contributed by atoms with Gasteiger partial charge >= 0.3 is 0 Å². The second kappa shape index (κ2) is 13.6. The maximum absolute atomic E-state index is 14.6. The SMILES string of the molecule is CCCCNC(=O)[C@@H](Cc1ccccc1)N(Cc1ccc(Cl)cc1Cl)C(=O)Cc1c(F)cccc1Cl. The molecule has 8 heteroatoms. The number of amides is 2. The fraction of sp³-hybridized carbons (Fsp3) is 0.286. The minimum absolute atomic E-state index is 0.0413. The molecule has 1 atom stereocenters. The first-order valence-corrected chi connectivity index (χ1v) is 12.9. The number of halogens is 4. The van der Waals surface area contributed by atoms with E-state index in [-0.39, 0.29) is 35.9 Å². The van der Waals surface area contributed by atoms with Crippen molar-refractivity contribution in [3.8, 4) is 0 Å². The Balaban J connectivity index is 2.01. The molecule has 36 heavy (non-hydrogen) atoms. The van der Waals surface area contributed by atoms with Crippen LogP contribution in [0.4, 0.5) is 4.39 Å². The second-order valence-corrected chi connectivity index (χ2v) is 9.74. The van der Waals surface area contributed by atoms with Crippen LogP contribution in [0.5, 0.6) is 0 Å². The van der Waals surface area contributed by atoms with E-state index in [9.17, 15) is 14.0 Å². The highest BCUT2D eigenvalue weighted by molar-refractivity contribution is 6.35. The van der Waals surface area contributed by atoms with Gasteiger partial charge in [-0.2, -0.15) is 0 Å². The lowest BCUT2D eigenvalue weighted by molar-refractivity contribution is -0.140. The molecule has 3 aromatic rings. The Morgan fingerprint density at radius 2 is 1.72 bits per heavy atom. The van der Waals surface area contributed by atoms with Crippen molar-refractivity contribution in [2.75, 3.05) is 6.54 Å². The number of hydrogen-bond acceptors (Lipinski definition) is 2. The summed E-state index contributed by atoms with van der Waals surface area (Å²) in [5.41, 5.74) is 1.59. The number of unbranched alkanes of at least 4 members (excludes halogenated alkanes) is 1. The van der Waals surface area contributed by atoms with Gasteiger partial charge in [0.05, 0.1) is 6.42 Å². The Hall–Kier alpha value is -2.60. The number of carbonyl (C=O) groups is 2. The summed E-state index contributed by atoms with van der Waals surface area (Å²) in [5.74, 6) is -1.31. The third kappa shape index (κ3) is 7.70. The lowest BCUT2D eigenvalue weighted by Crippen LogP contribution is -2.51. The van der Waals surface area contributed by atoms with Gasteiger partial charge in [-0.15, -0.1) is 0 Å². The molecule has 2 amide bonds. The molecule has 0 saturated carbocycles. The Kier molecular flexibility index (Phi) is 10.6. The molecule has 4 nitrogen and oxygen atoms in total. The zero-order valence-electron chi connectivity index (χ0n) is 19.9. The predicted octanol–water partition coefficient (Wildman–Crippen LogP) is 6.88. The Morgan fingerprint density at radius 1 is 0.972 bits per heavy atom. The number of carbonyl (C=O) groups excluding carboxylic acids is 2. The quantitative estimate of drug-likeness (QED) is 0.265. The van der Waals surface area contributed by atoms with E-state index in [4.69, 9.17) is 34.8 Å². The molecule has 0 fully saturated rings. The average Bonchev–Trinajstić information content (AvgIpc) is 2.85. The molecule has 0 spiro atoms. The van der Waals surface area contributed by atoms with Gasteiger partial charge in [0, 0.05) is 40.1 Å². The first-order chi connectivity index (χ1) is 17.3. The molecular weight excluding hydrogens is 522 g/mol. The van der Waals surface area contributed by atoms with Crippen molar-refractivity contribution in [1.82, 2.24) is 10.2 Å². The van der Waals surface area contributed by atoms with Gasteiger partial charge < -0.3 is 10.2 Å². The van der Waals surface area contributed by atoms with Gasteiger partial charge in [-0.3, -0.25) is 9.59 Å². The summed E-state index contributed by atoms with van der Waals surface area (Å²) in [6, 6.07) is 17.8. The van der Waals surface area contributed by atoms with E-state index in [0.717, 1.165) is 18.4 Å². The van der Waals surface area contributed by atoms with Gasteiger partial charge in [-0.25, -0.2) is 4.39 Å². The Labute approximate surface area is 226 Å². The van der Waals surface area contributed by atoms with Crippen LogP contribution in [0.25, 0.3) is 0 Å². The molecule has 0 aliphatic rings. The van der Waals surface area contributed by atoms with Crippen molar-refractivity contribution < 1.29 is 14.0 Å². The van der Waals surface area contributed by atoms with Gasteiger partial charge in [0.15, 0.2) is 0 Å². The molecule has 190 valence electrons. The lowest BCUT2D eigenvalue weighted by atomic mass is 10.0. The van der Waals surface area contributed by atoms with E-state index < -0.39 is 17.8 Å². The molecule has 0 aromatic heterocycles. The van der Waals surface area contributed by atoms with E-state index >= 15 is 0 Å². The molecular formula is C28H28Cl3FN2O2. The molecule has 0 aliphatic heterocycles. The van der Waals surface area contributed by atoms with Crippen LogP contribution in [0.15, 0.2) is 66.7 Å². The lowest BCUT2D eigenvalue weighted by Gasteiger charge is -2.32. The minimum Gasteiger partial charge on any atom is -0.354 e. The van der Waals surface area contributed by atoms with Crippen LogP contribution >= 0.6 is 34.8 Å². The fourth-order valence-corrected chi connectivity index (χ4v) is 4.55. The average molecular weight is 550 g/mol. The molecule has 3 rings (SSSR count). The van der Waals surface area contributed by atoms with Crippen LogP contribution < -0.4 is 5.32 Å². The number of rotatable bonds is 11. The third-order valence-corrected chi connectivity index (χ3v) is 6.79. The van der Waals surface area contributed by atoms with Crippen molar-refractivity contribution >= 4 is 46.6 Å². The van der Waals surface area contributed by atoms with Gasteiger partial charge in [-0.1, -0.05) is 90.6 Å². The highest BCUT2D eigenvalue weighted by Gasteiger charge is 2.31. The number of nitrogens with zero attached hydrogens (tertiary/aromatic N) is 1. The fourth-order valence-electron chi connectivity index (χ4n) is 3.85. The van der Waals surface area contributed by atoms with Crippen LogP contribution in [0.3, 0.4) is 0 Å². The maximum atomic E-state index is 14.6. The topological polar surface area (TPSA) is 49.4 Å². The standard InChI is InChI=1S/C28H28Cl3FN2O2/c1-2-3-14-33-28(36)26(15-19-8-5-4-6-9-19)34(18-20-12-13-21(29)16-24(20)31)27(35)17-22-23(30)10-7-11-25(22)32/h4-13,16,26H,2-3,14-15,17-18H2,1H3,(H,33,36)/t26-/m1/s1. The summed E-state index contributed by atoms with van der Waals surface area (Å²) >= 11 is 18.7. The second-order valence-electron chi connectivity index (χ2n) is 8.48. The number of hydrogen-bond donors (Lipinski definition) is 1. The van der Waals surface area contributed by atoms with E-state index in [1.165, 1.54) is 23.1 Å². The van der Waals surface area contributed by atoms with Crippen LogP contribution in [0, 0.1) is 5.82 Å². The van der Waals surface area contributed by atoms with Crippen LogP contribution in [-0.4, -0.2) is 29.3 Å². The van der Waals surface area contributed by atoms with Gasteiger partial charge in [0.1, 0.15) is 11.9 Å². The van der Waals surface area contributed by atoms with E-state index in [0.29, 0.717) is 22.2 Å². The molecule has 0 heterocycles. The van der Waals surface area contributed by atoms with Crippen molar-refractivity contribution in [2.24, 2.45) is 0 Å². The summed E-state index contributed by atoms with van der Waals surface area (Å²) in [6.45, 7) is 2.56. The predicted molar refractivity (Wildman–Crippen MR) is 144 cm³/mol. The van der Waals surface area contributed by atoms with Gasteiger partial charge in [-0.05, 0) is 41.8 Å². The molecule has 0 saturated heterocycles. The van der Waals surface area contributed by atoms with Gasteiger partial charge in [0.2, 0.25) is 11.8 Å². The zero-order valence-corrected chi connectivity index (χ0v) is 22.2. The molecule has 0 aliphatic carbocycles. The largest absolute Gasteiger partial charge is 0.354 e. The normalized spacial score (nSPS) is 11.7. The van der Waals surface area contributed by atoms with Crippen molar-refractivity contribution in [2.45, 2.75) is 45.2 Å². The third-order valence-electron chi connectivity index (χ3n) is 5.85. The molecule has 0 unspecified atom stereocenters. The number of nitrogens with one attached hydrogen (secondary N) is 1. The highest BCUT2D eigenvalue weighted by Crippen LogP contribution is 2.26. The summed E-state index contributed by atoms with van der Waals surface area (Å²) in [5, 5.41) is 3.93. The first kappa shape index (κ1) is 28.0. The Bertz CT molecular complexity index is 1170. The minimum atomic E-state index is -0.853. The molecule has 1 N–H and O–H groups in total. The maximum Gasteiger partial charge on any atom is 0.243 e. The van der Waals surface area contributed by atoms with E-state index in [2.05, 4.69) is 5.32 Å². The molecule has 0 radical (unpaired) electrons. The highest BCUT2D eigenvalue weighted by atomic mass is 35.5. The summed E-state index contributed by atoms with van der Waals surface area (Å²) < 4.78 is 14.6. The smallest absolute Gasteiger partial charge is 0.243 e. The van der Waals surface area contributed by atoms with Crippen LogP contribution in [-0.2, 0) is 29.0 Å². The van der Waals surface area contributed by atoms with Crippen LogP contribution in [0.1, 0.15) is 36.5 Å². The molecule has 0 bridgehead atoms. The zero-order chi connectivity index (χ0) is 26.1. The van der Waals surface area contributed by atoms with Crippen molar-refractivity contribution in [3.63, 3.8) is 0 Å². The monoisotopic (exact) mass is 548 g/mol. The van der Waals surface area contributed by atoms with Crippen molar-refractivity contribution in [3.05, 3.63) is 104 Å². The summed E-state index contributed by atoms with van der Waals surface area (Å²) in [4.78, 5) is 28.6. The van der Waals surface area contributed by atoms with E-state index in [1.54, 1.807) is 18.2 Å². The molecule has 3 aromatic carbocycles. The summed E-state index contributed by atoms with van der Waals surface area (Å²) in [7, 11) is 0. The van der Waals surface area contributed by atoms with Crippen molar-refractivity contribution in [1.29, 1.82) is 0 Å². The Morgan fingerprint density at radius 3 is 2.39 bits per heavy atom. The first-order valence-electron chi connectivity index (χ1n) is 11.8. The van der Waals surface area contributed by atoms with E-state index in [1.807, 2.05) is 37.3 Å². The van der Waals surface area contributed by atoms with Gasteiger partial charge in [0.25, 0.3) is 0 Å².